The monoisotopic (exact) mass is 181 g/mol. The van der Waals surface area contributed by atoms with Gasteiger partial charge in [-0.1, -0.05) is 22.9 Å². The van der Waals surface area contributed by atoms with Gasteiger partial charge in [-0.05, 0) is 11.4 Å². The van der Waals surface area contributed by atoms with Crippen LogP contribution in [-0.4, -0.2) is 4.55 Å². The highest BCUT2D eigenvalue weighted by molar-refractivity contribution is 7.91. The van der Waals surface area contributed by atoms with Crippen molar-refractivity contribution in [2.75, 3.05) is 0 Å². The second-order valence-corrected chi connectivity index (χ2v) is 3.94. The minimum absolute atomic E-state index is 0.487. The van der Waals surface area contributed by atoms with E-state index in [1.807, 2.05) is 0 Å². The van der Waals surface area contributed by atoms with Gasteiger partial charge in [0.15, 0.2) is 0 Å². The summed E-state index contributed by atoms with van der Waals surface area (Å²) in [5, 5.41) is 7.30. The van der Waals surface area contributed by atoms with Gasteiger partial charge in [0.25, 0.3) is 0 Å². The molecule has 50 valence electrons. The Morgan fingerprint density at radius 1 is 1.78 bits per heavy atom. The molecule has 1 unspecified atom stereocenters. The second-order valence-electron chi connectivity index (χ2n) is 1.35. The van der Waals surface area contributed by atoms with Gasteiger partial charge in [-0.2, -0.15) is 0 Å². The normalized spacial score (nSPS) is 13.7. The minimum Gasteiger partial charge on any atom is -0.592 e. The molecule has 1 atom stereocenters. The van der Waals surface area contributed by atoms with Crippen LogP contribution in [-0.2, 0) is 11.4 Å². The Bertz CT molecular complexity index is 200. The Balaban J connectivity index is 2.94. The molecule has 5 heteroatoms. The molecular formula is C4H4ClNOS2. The molecule has 0 aliphatic heterocycles. The maximum Gasteiger partial charge on any atom is 0.246 e. The molecule has 2 N–H and O–H groups in total. The van der Waals surface area contributed by atoms with E-state index >= 15 is 0 Å². The Kier molecular flexibility index (Phi) is 2.37. The first kappa shape index (κ1) is 7.37. The molecule has 0 amide bonds. The van der Waals surface area contributed by atoms with Gasteiger partial charge in [0.2, 0.25) is 4.21 Å². The summed E-state index contributed by atoms with van der Waals surface area (Å²) in [6.45, 7) is 0. The van der Waals surface area contributed by atoms with E-state index < -0.39 is 11.4 Å². The van der Waals surface area contributed by atoms with Crippen LogP contribution in [0.25, 0.3) is 0 Å². The molecule has 9 heavy (non-hydrogen) atoms. The number of halogens is 1. The van der Waals surface area contributed by atoms with E-state index in [4.69, 9.17) is 16.7 Å². The zero-order chi connectivity index (χ0) is 6.85. The third-order valence-electron chi connectivity index (χ3n) is 0.767. The fraction of sp³-hybridized carbons (Fsp3) is 0. The lowest BCUT2D eigenvalue weighted by molar-refractivity contribution is 0.599. The van der Waals surface area contributed by atoms with Gasteiger partial charge in [0.05, 0.1) is 11.4 Å². The van der Waals surface area contributed by atoms with Gasteiger partial charge in [0.1, 0.15) is 5.02 Å². The van der Waals surface area contributed by atoms with Crippen LogP contribution >= 0.6 is 22.9 Å². The number of hydrogen-bond donors (Lipinski definition) is 1. The molecule has 0 bridgehead atoms. The molecule has 1 aromatic rings. The van der Waals surface area contributed by atoms with Crippen LogP contribution in [0.3, 0.4) is 0 Å². The molecule has 0 saturated heterocycles. The highest BCUT2D eigenvalue weighted by atomic mass is 35.5. The molecule has 1 heterocycles. The van der Waals surface area contributed by atoms with Crippen LogP contribution in [0.4, 0.5) is 0 Å². The quantitative estimate of drug-likeness (QED) is 0.666. The number of nitrogens with two attached hydrogens (primary N) is 1. The summed E-state index contributed by atoms with van der Waals surface area (Å²) in [5.74, 6) is 0. The SMILES string of the molecule is N[S+]([O-])c1sccc1Cl. The van der Waals surface area contributed by atoms with Gasteiger partial charge in [-0.3, -0.25) is 0 Å². The topological polar surface area (TPSA) is 49.1 Å². The first-order valence-corrected chi connectivity index (χ1v) is 4.58. The van der Waals surface area contributed by atoms with Crippen molar-refractivity contribution in [2.24, 2.45) is 5.14 Å². The Labute approximate surface area is 64.9 Å². The van der Waals surface area contributed by atoms with Crippen molar-refractivity contribution in [3.8, 4) is 0 Å². The van der Waals surface area contributed by atoms with E-state index in [1.54, 1.807) is 11.4 Å². The van der Waals surface area contributed by atoms with Gasteiger partial charge in [0, 0.05) is 0 Å². The average molecular weight is 182 g/mol. The van der Waals surface area contributed by atoms with Gasteiger partial charge in [-0.15, -0.1) is 5.14 Å². The third-order valence-corrected chi connectivity index (χ3v) is 3.38. The van der Waals surface area contributed by atoms with Gasteiger partial charge in [-0.25, -0.2) is 0 Å². The molecule has 2 nitrogen and oxygen atoms in total. The highest BCUT2D eigenvalue weighted by Gasteiger charge is 2.11. The zero-order valence-electron chi connectivity index (χ0n) is 4.33. The zero-order valence-corrected chi connectivity index (χ0v) is 6.72. The smallest absolute Gasteiger partial charge is 0.246 e. The van der Waals surface area contributed by atoms with Gasteiger partial charge < -0.3 is 4.55 Å². The van der Waals surface area contributed by atoms with Gasteiger partial charge >= 0.3 is 0 Å². The maximum absolute atomic E-state index is 10.5. The van der Waals surface area contributed by atoms with E-state index in [0.717, 1.165) is 0 Å². The largest absolute Gasteiger partial charge is 0.592 e. The fourth-order valence-electron chi connectivity index (χ4n) is 0.423. The first-order chi connectivity index (χ1) is 4.22. The molecule has 0 saturated carbocycles. The highest BCUT2D eigenvalue weighted by Crippen LogP contribution is 2.25. The molecule has 0 radical (unpaired) electrons. The standard InChI is InChI=1S/C4H4ClNOS2/c5-3-1-2-8-4(3)9(6)7/h1-2H,6H2. The summed E-state index contributed by atoms with van der Waals surface area (Å²) in [6, 6.07) is 1.67. The van der Waals surface area contributed by atoms with Crippen LogP contribution in [0.5, 0.6) is 0 Å². The van der Waals surface area contributed by atoms with E-state index in [9.17, 15) is 4.55 Å². The molecule has 0 aromatic carbocycles. The Hall–Kier alpha value is 0.260. The van der Waals surface area contributed by atoms with Crippen LogP contribution in [0.2, 0.25) is 5.02 Å². The first-order valence-electron chi connectivity index (χ1n) is 2.11. The average Bonchev–Trinajstić information content (AvgIpc) is 2.13. The summed E-state index contributed by atoms with van der Waals surface area (Å²) in [7, 11) is 0. The Morgan fingerprint density at radius 3 is 2.67 bits per heavy atom. The molecule has 1 rings (SSSR count). The second kappa shape index (κ2) is 2.90. The van der Waals surface area contributed by atoms with E-state index in [2.05, 4.69) is 0 Å². The van der Waals surface area contributed by atoms with Crippen molar-refractivity contribution in [3.05, 3.63) is 16.5 Å². The van der Waals surface area contributed by atoms with Crippen LogP contribution in [0.1, 0.15) is 0 Å². The molecular weight excluding hydrogens is 178 g/mol. The van der Waals surface area contributed by atoms with Crippen molar-refractivity contribution in [1.82, 2.24) is 0 Å². The predicted molar refractivity (Wildman–Crippen MR) is 39.9 cm³/mol. The Morgan fingerprint density at radius 2 is 2.44 bits per heavy atom. The molecule has 0 spiro atoms. The predicted octanol–water partition coefficient (Wildman–Crippen LogP) is 1.38. The number of hydrogen-bond acceptors (Lipinski definition) is 3. The lowest BCUT2D eigenvalue weighted by atomic mass is 10.7. The van der Waals surface area contributed by atoms with Crippen molar-refractivity contribution in [3.63, 3.8) is 0 Å². The van der Waals surface area contributed by atoms with E-state index in [1.165, 1.54) is 11.3 Å². The van der Waals surface area contributed by atoms with E-state index in [-0.39, 0.29) is 0 Å². The van der Waals surface area contributed by atoms with E-state index in [0.29, 0.717) is 9.23 Å². The van der Waals surface area contributed by atoms with Crippen LogP contribution in [0.15, 0.2) is 15.7 Å². The lowest BCUT2D eigenvalue weighted by Crippen LogP contribution is -2.10. The van der Waals surface area contributed by atoms with Crippen molar-refractivity contribution < 1.29 is 4.55 Å². The van der Waals surface area contributed by atoms with Crippen LogP contribution < -0.4 is 5.14 Å². The summed E-state index contributed by atoms with van der Waals surface area (Å²) in [5.41, 5.74) is 0. The van der Waals surface area contributed by atoms with Crippen molar-refractivity contribution in [1.29, 1.82) is 0 Å². The number of rotatable bonds is 1. The van der Waals surface area contributed by atoms with Crippen molar-refractivity contribution in [2.45, 2.75) is 4.21 Å². The summed E-state index contributed by atoms with van der Waals surface area (Å²) in [6.07, 6.45) is 0. The minimum atomic E-state index is -1.42. The number of thiophene rings is 1. The molecule has 0 fully saturated rings. The maximum atomic E-state index is 10.5. The van der Waals surface area contributed by atoms with Crippen molar-refractivity contribution >= 4 is 34.3 Å². The molecule has 1 aromatic heterocycles. The third kappa shape index (κ3) is 1.59. The summed E-state index contributed by atoms with van der Waals surface area (Å²) >= 11 is 5.45. The molecule has 0 aliphatic carbocycles. The van der Waals surface area contributed by atoms with Crippen LogP contribution in [0, 0.1) is 0 Å². The fourth-order valence-corrected chi connectivity index (χ4v) is 2.24. The summed E-state index contributed by atoms with van der Waals surface area (Å²) < 4.78 is 11.1. The lowest BCUT2D eigenvalue weighted by Gasteiger charge is -1.96. The summed E-state index contributed by atoms with van der Waals surface area (Å²) in [4.78, 5) is 0. The molecule has 0 aliphatic rings.